The standard InChI is InChI=1S/C17H24N2/c1-3-5-17(18)16-10-11-19(13-16)12-15-8-6-14(4-2)7-9-15/h6-11,13,17H,3-5,12,18H2,1-2H3. The van der Waals surface area contributed by atoms with Crippen LogP contribution >= 0.6 is 0 Å². The van der Waals surface area contributed by atoms with Gasteiger partial charge < -0.3 is 10.3 Å². The topological polar surface area (TPSA) is 30.9 Å². The molecule has 1 atom stereocenters. The molecule has 102 valence electrons. The Bertz CT molecular complexity index is 496. The van der Waals surface area contributed by atoms with E-state index in [0.29, 0.717) is 0 Å². The predicted octanol–water partition coefficient (Wildman–Crippen LogP) is 3.90. The van der Waals surface area contributed by atoms with Crippen LogP contribution in [0.2, 0.25) is 0 Å². The molecule has 0 bridgehead atoms. The molecule has 2 rings (SSSR count). The van der Waals surface area contributed by atoms with Gasteiger partial charge in [-0.25, -0.2) is 0 Å². The zero-order chi connectivity index (χ0) is 13.7. The minimum absolute atomic E-state index is 0.175. The third kappa shape index (κ3) is 3.71. The van der Waals surface area contributed by atoms with Crippen LogP contribution in [0.3, 0.4) is 0 Å². The molecule has 0 amide bonds. The fraction of sp³-hybridized carbons (Fsp3) is 0.412. The second-order valence-electron chi connectivity index (χ2n) is 5.18. The van der Waals surface area contributed by atoms with Crippen molar-refractivity contribution in [1.82, 2.24) is 4.57 Å². The second kappa shape index (κ2) is 6.58. The zero-order valence-electron chi connectivity index (χ0n) is 12.0. The summed E-state index contributed by atoms with van der Waals surface area (Å²) in [6, 6.07) is 11.2. The summed E-state index contributed by atoms with van der Waals surface area (Å²) in [5, 5.41) is 0. The Balaban J connectivity index is 2.02. The number of hydrogen-bond donors (Lipinski definition) is 1. The van der Waals surface area contributed by atoms with Crippen molar-refractivity contribution in [2.24, 2.45) is 5.73 Å². The van der Waals surface area contributed by atoms with E-state index in [9.17, 15) is 0 Å². The normalized spacial score (nSPS) is 12.6. The third-order valence-electron chi connectivity index (χ3n) is 3.60. The smallest absolute Gasteiger partial charge is 0.0470 e. The van der Waals surface area contributed by atoms with Gasteiger partial charge in [-0.05, 0) is 35.6 Å². The van der Waals surface area contributed by atoms with Crippen LogP contribution < -0.4 is 5.73 Å². The van der Waals surface area contributed by atoms with Gasteiger partial charge >= 0.3 is 0 Å². The molecule has 1 aromatic heterocycles. The van der Waals surface area contributed by atoms with Gasteiger partial charge in [0, 0.05) is 25.0 Å². The van der Waals surface area contributed by atoms with Gasteiger partial charge in [0.1, 0.15) is 0 Å². The van der Waals surface area contributed by atoms with Crippen molar-refractivity contribution in [3.8, 4) is 0 Å². The summed E-state index contributed by atoms with van der Waals surface area (Å²) in [5.41, 5.74) is 10.1. The van der Waals surface area contributed by atoms with Gasteiger partial charge in [-0.3, -0.25) is 0 Å². The Kier molecular flexibility index (Phi) is 4.80. The molecule has 2 nitrogen and oxygen atoms in total. The molecular weight excluding hydrogens is 232 g/mol. The molecule has 0 fully saturated rings. The lowest BCUT2D eigenvalue weighted by Crippen LogP contribution is -2.08. The summed E-state index contributed by atoms with van der Waals surface area (Å²) in [6.45, 7) is 5.28. The summed E-state index contributed by atoms with van der Waals surface area (Å²) in [5.74, 6) is 0. The van der Waals surface area contributed by atoms with E-state index in [0.717, 1.165) is 25.8 Å². The molecule has 1 unspecified atom stereocenters. The number of nitrogens with two attached hydrogens (primary N) is 1. The van der Waals surface area contributed by atoms with Gasteiger partial charge in [-0.1, -0.05) is 44.5 Å². The van der Waals surface area contributed by atoms with Crippen molar-refractivity contribution in [2.75, 3.05) is 0 Å². The van der Waals surface area contributed by atoms with Gasteiger partial charge in [0.2, 0.25) is 0 Å². The Morgan fingerprint density at radius 3 is 2.37 bits per heavy atom. The number of rotatable bonds is 6. The summed E-state index contributed by atoms with van der Waals surface area (Å²) in [6.07, 6.45) is 7.58. The first-order valence-corrected chi connectivity index (χ1v) is 7.22. The van der Waals surface area contributed by atoms with Gasteiger partial charge in [-0.15, -0.1) is 0 Å². The van der Waals surface area contributed by atoms with Gasteiger partial charge in [0.25, 0.3) is 0 Å². The van der Waals surface area contributed by atoms with Crippen LogP contribution in [0.4, 0.5) is 0 Å². The molecule has 2 heteroatoms. The molecule has 0 aliphatic rings. The van der Waals surface area contributed by atoms with E-state index in [4.69, 9.17) is 5.73 Å². The molecule has 1 heterocycles. The van der Waals surface area contributed by atoms with Crippen LogP contribution in [-0.2, 0) is 13.0 Å². The second-order valence-corrected chi connectivity index (χ2v) is 5.18. The Morgan fingerprint density at radius 1 is 1.05 bits per heavy atom. The molecule has 2 aromatic rings. The van der Waals surface area contributed by atoms with Crippen molar-refractivity contribution in [1.29, 1.82) is 0 Å². The van der Waals surface area contributed by atoms with E-state index in [-0.39, 0.29) is 6.04 Å². The molecule has 0 radical (unpaired) electrons. The zero-order valence-corrected chi connectivity index (χ0v) is 12.0. The van der Waals surface area contributed by atoms with Crippen LogP contribution in [-0.4, -0.2) is 4.57 Å². The number of benzene rings is 1. The van der Waals surface area contributed by atoms with E-state index < -0.39 is 0 Å². The molecule has 0 aliphatic carbocycles. The summed E-state index contributed by atoms with van der Waals surface area (Å²) in [4.78, 5) is 0. The first-order valence-electron chi connectivity index (χ1n) is 7.22. The van der Waals surface area contributed by atoms with Crippen LogP contribution in [0.25, 0.3) is 0 Å². The molecule has 0 aliphatic heterocycles. The highest BCUT2D eigenvalue weighted by Gasteiger charge is 2.06. The number of aromatic nitrogens is 1. The fourth-order valence-electron chi connectivity index (χ4n) is 2.35. The van der Waals surface area contributed by atoms with Gasteiger partial charge in [0.15, 0.2) is 0 Å². The minimum Gasteiger partial charge on any atom is -0.350 e. The minimum atomic E-state index is 0.175. The van der Waals surface area contributed by atoms with E-state index in [1.807, 2.05) is 0 Å². The lowest BCUT2D eigenvalue weighted by Gasteiger charge is -2.08. The van der Waals surface area contributed by atoms with Crippen molar-refractivity contribution in [2.45, 2.75) is 45.7 Å². The predicted molar refractivity (Wildman–Crippen MR) is 81.2 cm³/mol. The molecule has 0 spiro atoms. The van der Waals surface area contributed by atoms with Gasteiger partial charge in [0.05, 0.1) is 0 Å². The highest BCUT2D eigenvalue weighted by atomic mass is 14.9. The van der Waals surface area contributed by atoms with E-state index in [1.165, 1.54) is 16.7 Å². The molecule has 2 N–H and O–H groups in total. The molecule has 1 aromatic carbocycles. The summed E-state index contributed by atoms with van der Waals surface area (Å²) in [7, 11) is 0. The quantitative estimate of drug-likeness (QED) is 0.835. The van der Waals surface area contributed by atoms with Crippen LogP contribution in [0.1, 0.15) is 49.4 Å². The Hall–Kier alpha value is -1.54. The van der Waals surface area contributed by atoms with E-state index in [1.54, 1.807) is 0 Å². The third-order valence-corrected chi connectivity index (χ3v) is 3.60. The van der Waals surface area contributed by atoms with Crippen molar-refractivity contribution in [3.63, 3.8) is 0 Å². The van der Waals surface area contributed by atoms with Crippen LogP contribution in [0.5, 0.6) is 0 Å². The average Bonchev–Trinajstić information content (AvgIpc) is 2.88. The molecule has 19 heavy (non-hydrogen) atoms. The molecule has 0 saturated heterocycles. The summed E-state index contributed by atoms with van der Waals surface area (Å²) < 4.78 is 2.21. The number of hydrogen-bond acceptors (Lipinski definition) is 1. The highest BCUT2D eigenvalue weighted by molar-refractivity contribution is 5.23. The lowest BCUT2D eigenvalue weighted by atomic mass is 10.1. The van der Waals surface area contributed by atoms with Crippen molar-refractivity contribution in [3.05, 3.63) is 59.4 Å². The fourth-order valence-corrected chi connectivity index (χ4v) is 2.35. The SMILES string of the molecule is CCCC(N)c1ccn(Cc2ccc(CC)cc2)c1. The molecular formula is C17H24N2. The lowest BCUT2D eigenvalue weighted by molar-refractivity contribution is 0.636. The number of nitrogens with zero attached hydrogens (tertiary/aromatic N) is 1. The first kappa shape index (κ1) is 13.9. The van der Waals surface area contributed by atoms with E-state index >= 15 is 0 Å². The Morgan fingerprint density at radius 2 is 1.74 bits per heavy atom. The average molecular weight is 256 g/mol. The maximum atomic E-state index is 6.14. The van der Waals surface area contributed by atoms with Crippen molar-refractivity contribution >= 4 is 0 Å². The summed E-state index contributed by atoms with van der Waals surface area (Å²) >= 11 is 0. The number of aryl methyl sites for hydroxylation is 1. The van der Waals surface area contributed by atoms with Crippen LogP contribution in [0, 0.1) is 0 Å². The van der Waals surface area contributed by atoms with Gasteiger partial charge in [-0.2, -0.15) is 0 Å². The maximum absolute atomic E-state index is 6.14. The van der Waals surface area contributed by atoms with E-state index in [2.05, 4.69) is 61.1 Å². The van der Waals surface area contributed by atoms with Crippen molar-refractivity contribution < 1.29 is 0 Å². The highest BCUT2D eigenvalue weighted by Crippen LogP contribution is 2.17. The molecule has 0 saturated carbocycles. The Labute approximate surface area is 116 Å². The first-order chi connectivity index (χ1) is 9.22. The largest absolute Gasteiger partial charge is 0.350 e. The monoisotopic (exact) mass is 256 g/mol. The van der Waals surface area contributed by atoms with Crippen LogP contribution in [0.15, 0.2) is 42.7 Å². The maximum Gasteiger partial charge on any atom is 0.0470 e.